The molecule has 0 bridgehead atoms. The van der Waals surface area contributed by atoms with E-state index in [9.17, 15) is 0 Å². The third kappa shape index (κ3) is 3.38. The number of rotatable bonds is 1. The number of hydrogen-bond acceptors (Lipinski definition) is 3. The van der Waals surface area contributed by atoms with Crippen molar-refractivity contribution in [2.45, 2.75) is 36.0 Å². The van der Waals surface area contributed by atoms with Gasteiger partial charge in [-0.25, -0.2) is 0 Å². The predicted molar refractivity (Wildman–Crippen MR) is 205 cm³/mol. The molecule has 3 aromatic heterocycles. The van der Waals surface area contributed by atoms with Crippen LogP contribution in [-0.4, -0.2) is 11.1 Å². The fraction of sp³-hybridized carbons (Fsp3) is 0.0952. The Morgan fingerprint density at radius 3 is 2.23 bits per heavy atom. The van der Waals surface area contributed by atoms with Crippen LogP contribution in [0.2, 0.25) is 0 Å². The molecule has 9 aromatic rings. The summed E-state index contributed by atoms with van der Waals surface area (Å²) in [7, 11) is 0. The van der Waals surface area contributed by atoms with E-state index in [2.05, 4.69) is 151 Å². The normalized spacial score (nSPS) is 14.1. The predicted octanol–water partition coefficient (Wildman–Crippen LogP) is 10.1. The van der Waals surface area contributed by atoms with Gasteiger partial charge in [0, 0.05) is 58.5 Å². The minimum Gasteiger partial charge on any atom is -0.311 e. The summed E-state index contributed by atoms with van der Waals surface area (Å²) >= 11 is 3.96. The molecular formula is C42H29BN2S2. The van der Waals surface area contributed by atoms with Crippen molar-refractivity contribution in [3.05, 3.63) is 127 Å². The van der Waals surface area contributed by atoms with Crippen LogP contribution in [0.1, 0.15) is 26.3 Å². The molecule has 0 saturated heterocycles. The van der Waals surface area contributed by atoms with Crippen LogP contribution in [0, 0.1) is 0 Å². The Kier molecular flexibility index (Phi) is 5.05. The summed E-state index contributed by atoms with van der Waals surface area (Å²) in [6.07, 6.45) is 0. The Labute approximate surface area is 281 Å². The second-order valence-corrected chi connectivity index (χ2v) is 16.3. The van der Waals surface area contributed by atoms with E-state index in [-0.39, 0.29) is 12.1 Å². The molecule has 5 heterocycles. The van der Waals surface area contributed by atoms with Gasteiger partial charge < -0.3 is 9.30 Å². The summed E-state index contributed by atoms with van der Waals surface area (Å²) in [4.78, 5) is 5.32. The summed E-state index contributed by atoms with van der Waals surface area (Å²) < 4.78 is 5.37. The smallest absolute Gasteiger partial charge is 0.262 e. The first-order valence-corrected chi connectivity index (χ1v) is 18.0. The van der Waals surface area contributed by atoms with Gasteiger partial charge in [0.05, 0.1) is 16.6 Å². The molecule has 0 atom stereocenters. The van der Waals surface area contributed by atoms with Crippen LogP contribution in [0.5, 0.6) is 0 Å². The number of aromatic nitrogens is 1. The molecule has 0 spiro atoms. The van der Waals surface area contributed by atoms with Gasteiger partial charge in [-0.1, -0.05) is 105 Å². The van der Waals surface area contributed by atoms with Crippen LogP contribution in [0.4, 0.5) is 17.1 Å². The first-order chi connectivity index (χ1) is 23.0. The van der Waals surface area contributed by atoms with Gasteiger partial charge in [0.2, 0.25) is 0 Å². The quantitative estimate of drug-likeness (QED) is 0.166. The summed E-state index contributed by atoms with van der Waals surface area (Å²) in [5.74, 6) is 0. The van der Waals surface area contributed by atoms with Gasteiger partial charge in [0.15, 0.2) is 0 Å². The molecule has 6 aromatic carbocycles. The lowest BCUT2D eigenvalue weighted by Crippen LogP contribution is -2.58. The Morgan fingerprint density at radius 1 is 0.617 bits per heavy atom. The number of benzene rings is 6. The lowest BCUT2D eigenvalue weighted by Gasteiger charge is -2.39. The lowest BCUT2D eigenvalue weighted by molar-refractivity contribution is 0.591. The monoisotopic (exact) mass is 636 g/mol. The SMILES string of the molecule is CC(C)(C)c1ccc2sc3c(c2c1)Sc1cccc2c1B3c1cc3c4cccc5c6ccccc6n(c3cc1N2c1ccccc1)c54. The second kappa shape index (κ2) is 9.00. The van der Waals surface area contributed by atoms with Crippen LogP contribution < -0.4 is 20.6 Å². The maximum Gasteiger partial charge on any atom is 0.262 e. The van der Waals surface area contributed by atoms with Crippen LogP contribution in [-0.2, 0) is 5.41 Å². The average Bonchev–Trinajstić information content (AvgIpc) is 3.74. The van der Waals surface area contributed by atoms with Crippen molar-refractivity contribution in [3.63, 3.8) is 0 Å². The number of hydrogen-bond donors (Lipinski definition) is 0. The molecule has 5 heteroatoms. The zero-order valence-electron chi connectivity index (χ0n) is 26.3. The molecule has 0 fully saturated rings. The van der Waals surface area contributed by atoms with Gasteiger partial charge in [-0.2, -0.15) is 0 Å². The number of para-hydroxylation sites is 3. The summed E-state index contributed by atoms with van der Waals surface area (Å²) in [6, 6.07) is 45.8. The first kappa shape index (κ1) is 26.4. The maximum absolute atomic E-state index is 2.55. The van der Waals surface area contributed by atoms with E-state index < -0.39 is 0 Å². The maximum atomic E-state index is 2.55. The van der Waals surface area contributed by atoms with Crippen LogP contribution in [0.15, 0.2) is 131 Å². The zero-order chi connectivity index (χ0) is 31.2. The van der Waals surface area contributed by atoms with E-state index in [1.54, 1.807) is 0 Å². The fourth-order valence-corrected chi connectivity index (χ4v) is 11.1. The molecule has 0 amide bonds. The molecule has 0 aliphatic carbocycles. The fourth-order valence-electron chi connectivity index (χ4n) is 8.39. The van der Waals surface area contributed by atoms with E-state index in [0.29, 0.717) is 0 Å². The molecule has 11 rings (SSSR count). The van der Waals surface area contributed by atoms with Gasteiger partial charge in [0.25, 0.3) is 6.71 Å². The summed E-state index contributed by atoms with van der Waals surface area (Å²) in [5, 5.41) is 6.71. The van der Waals surface area contributed by atoms with Crippen molar-refractivity contribution in [3.8, 4) is 0 Å². The van der Waals surface area contributed by atoms with E-state index in [1.807, 2.05) is 23.1 Å². The molecular weight excluding hydrogens is 607 g/mol. The lowest BCUT2D eigenvalue weighted by atomic mass is 9.37. The number of nitrogens with zero attached hydrogens (tertiary/aromatic N) is 2. The molecule has 0 radical (unpaired) electrons. The molecule has 0 unspecified atom stereocenters. The Morgan fingerprint density at radius 2 is 1.38 bits per heavy atom. The molecule has 222 valence electrons. The van der Waals surface area contributed by atoms with Crippen LogP contribution in [0.25, 0.3) is 48.2 Å². The topological polar surface area (TPSA) is 7.65 Å². The molecule has 0 saturated carbocycles. The summed E-state index contributed by atoms with van der Waals surface area (Å²) in [6.45, 7) is 7.12. The van der Waals surface area contributed by atoms with Crippen molar-refractivity contribution < 1.29 is 0 Å². The highest BCUT2D eigenvalue weighted by Gasteiger charge is 2.43. The third-order valence-electron chi connectivity index (χ3n) is 10.5. The largest absolute Gasteiger partial charge is 0.311 e. The van der Waals surface area contributed by atoms with E-state index in [4.69, 9.17) is 0 Å². The second-order valence-electron chi connectivity index (χ2n) is 14.1. The van der Waals surface area contributed by atoms with Crippen molar-refractivity contribution in [2.75, 3.05) is 4.90 Å². The van der Waals surface area contributed by atoms with Gasteiger partial charge >= 0.3 is 0 Å². The van der Waals surface area contributed by atoms with Crippen LogP contribution >= 0.6 is 23.1 Å². The minimum atomic E-state index is 0.101. The van der Waals surface area contributed by atoms with Gasteiger partial charge in [-0.05, 0) is 75.2 Å². The standard InChI is InChI=1S/C42H29BN2S2/c1-42(2,3)24-19-20-36-30(21-24)40-41(47-36)43-31-22-29-28-15-9-14-27-26-13-7-8-16-32(26)45(39(27)28)34(29)23-35(31)44(25-11-5-4-6-12-25)33-17-10-18-37(46-40)38(33)43/h4-23H,1-3H3. The number of thiophene rings is 1. The third-order valence-corrected chi connectivity index (χ3v) is 13.1. The summed E-state index contributed by atoms with van der Waals surface area (Å²) in [5.41, 5.74) is 11.9. The van der Waals surface area contributed by atoms with Gasteiger partial charge in [-0.3, -0.25) is 0 Å². The average molecular weight is 637 g/mol. The van der Waals surface area contributed by atoms with Gasteiger partial charge in [0.1, 0.15) is 0 Å². The van der Waals surface area contributed by atoms with Crippen molar-refractivity contribution in [1.29, 1.82) is 0 Å². The molecule has 0 N–H and O–H groups in total. The van der Waals surface area contributed by atoms with E-state index in [1.165, 1.54) is 96.3 Å². The highest BCUT2D eigenvalue weighted by atomic mass is 32.2. The van der Waals surface area contributed by atoms with E-state index in [0.717, 1.165) is 0 Å². The molecule has 2 aliphatic heterocycles. The van der Waals surface area contributed by atoms with Crippen molar-refractivity contribution >= 4 is 111 Å². The Balaban J connectivity index is 1.28. The molecule has 2 aliphatic rings. The van der Waals surface area contributed by atoms with Gasteiger partial charge in [-0.15, -0.1) is 11.3 Å². The minimum absolute atomic E-state index is 0.101. The Hall–Kier alpha value is -4.71. The van der Waals surface area contributed by atoms with E-state index >= 15 is 0 Å². The number of anilines is 3. The first-order valence-electron chi connectivity index (χ1n) is 16.4. The zero-order valence-corrected chi connectivity index (χ0v) is 28.0. The Bertz CT molecular complexity index is 2770. The highest BCUT2D eigenvalue weighted by molar-refractivity contribution is 8.00. The van der Waals surface area contributed by atoms with Crippen LogP contribution in [0.3, 0.4) is 0 Å². The molecule has 47 heavy (non-hydrogen) atoms. The highest BCUT2D eigenvalue weighted by Crippen LogP contribution is 2.47. The van der Waals surface area contributed by atoms with Crippen molar-refractivity contribution in [2.24, 2.45) is 0 Å². The van der Waals surface area contributed by atoms with Crippen molar-refractivity contribution in [1.82, 2.24) is 4.40 Å². The number of fused-ring (bicyclic) bond motifs is 12. The molecule has 2 nitrogen and oxygen atoms in total.